The molecular formula is C20H18BrNO8. The number of phenols is 1. The van der Waals surface area contributed by atoms with Gasteiger partial charge in [-0.1, -0.05) is 15.9 Å². The number of carboxylic acid groups (broad SMARTS) is 1. The molecular weight excluding hydrogens is 462 g/mol. The van der Waals surface area contributed by atoms with Gasteiger partial charge in [-0.3, -0.25) is 5.32 Å². The van der Waals surface area contributed by atoms with E-state index in [2.05, 4.69) is 21.2 Å². The number of phenolic OH excluding ortho intramolecular Hbond substituents is 1. The largest absolute Gasteiger partial charge is 0.508 e. The Morgan fingerprint density at radius 2 is 1.97 bits per heavy atom. The molecule has 0 unspecified atom stereocenters. The summed E-state index contributed by atoms with van der Waals surface area (Å²) in [4.78, 5) is 23.5. The molecule has 0 saturated carbocycles. The van der Waals surface area contributed by atoms with Crippen LogP contribution in [0.3, 0.4) is 0 Å². The number of anilines is 1. The first-order valence-electron chi connectivity index (χ1n) is 8.67. The Labute approximate surface area is 179 Å². The molecule has 0 radical (unpaired) electrons. The van der Waals surface area contributed by atoms with Crippen LogP contribution in [-0.2, 0) is 14.3 Å². The number of rotatable bonds is 7. The zero-order valence-corrected chi connectivity index (χ0v) is 17.3. The Morgan fingerprint density at radius 3 is 2.70 bits per heavy atom. The molecule has 10 heteroatoms. The van der Waals surface area contributed by atoms with Gasteiger partial charge in [-0.05, 0) is 36.4 Å². The number of hydrogen-bond acceptors (Lipinski definition) is 7. The van der Waals surface area contributed by atoms with Gasteiger partial charge in [-0.15, -0.1) is 0 Å². The fraction of sp³-hybridized carbons (Fsp3) is 0.200. The van der Waals surface area contributed by atoms with Crippen LogP contribution in [-0.4, -0.2) is 42.3 Å². The van der Waals surface area contributed by atoms with E-state index >= 15 is 0 Å². The molecule has 0 aliphatic carbocycles. The zero-order chi connectivity index (χ0) is 21.7. The standard InChI is InChI=1S/C20H18BrNO8/c1-27-16(6-7-18(24)25)19(13-8-11(21)2-4-14(13)23)30-20(26)22-12-3-5-15-17(9-12)29-10-28-15/h2-9,16,19,23H,10H2,1H3,(H,22,26)(H,24,25)/b7-6+/t16-,19-/m1/s1. The number of halogens is 1. The molecule has 30 heavy (non-hydrogen) atoms. The van der Waals surface area contributed by atoms with Crippen molar-refractivity contribution in [2.45, 2.75) is 12.2 Å². The summed E-state index contributed by atoms with van der Waals surface area (Å²) in [6.45, 7) is 0.0961. The third-order valence-corrected chi connectivity index (χ3v) is 4.64. The van der Waals surface area contributed by atoms with Gasteiger partial charge in [0.25, 0.3) is 0 Å². The highest BCUT2D eigenvalue weighted by Crippen LogP contribution is 2.36. The molecule has 3 N–H and O–H groups in total. The van der Waals surface area contributed by atoms with Crippen LogP contribution in [0.1, 0.15) is 11.7 Å². The molecule has 0 aromatic heterocycles. The van der Waals surface area contributed by atoms with Gasteiger partial charge in [-0.2, -0.15) is 0 Å². The molecule has 1 aliphatic heterocycles. The number of carboxylic acids is 1. The molecule has 3 rings (SSSR count). The van der Waals surface area contributed by atoms with E-state index in [0.29, 0.717) is 21.7 Å². The molecule has 0 fully saturated rings. The molecule has 1 aliphatic rings. The molecule has 158 valence electrons. The summed E-state index contributed by atoms with van der Waals surface area (Å²) in [6.07, 6.45) is -0.874. The first-order valence-corrected chi connectivity index (χ1v) is 9.46. The van der Waals surface area contributed by atoms with Crippen LogP contribution in [0.5, 0.6) is 17.2 Å². The molecule has 0 spiro atoms. The van der Waals surface area contributed by atoms with Crippen LogP contribution >= 0.6 is 15.9 Å². The van der Waals surface area contributed by atoms with Crippen molar-refractivity contribution in [2.75, 3.05) is 19.2 Å². The Kier molecular flexibility index (Phi) is 6.80. The van der Waals surface area contributed by atoms with E-state index in [1.54, 1.807) is 30.3 Å². The van der Waals surface area contributed by atoms with E-state index in [1.165, 1.54) is 19.3 Å². The number of ether oxygens (including phenoxy) is 4. The zero-order valence-electron chi connectivity index (χ0n) is 15.7. The molecule has 9 nitrogen and oxygen atoms in total. The van der Waals surface area contributed by atoms with Gasteiger partial charge in [-0.25, -0.2) is 9.59 Å². The number of methoxy groups -OCH3 is 1. The summed E-state index contributed by atoms with van der Waals surface area (Å²) in [6, 6.07) is 9.40. The monoisotopic (exact) mass is 479 g/mol. The predicted octanol–water partition coefficient (Wildman–Crippen LogP) is 3.83. The van der Waals surface area contributed by atoms with E-state index in [-0.39, 0.29) is 18.1 Å². The molecule has 1 amide bonds. The van der Waals surface area contributed by atoms with E-state index in [1.807, 2.05) is 0 Å². The first-order chi connectivity index (χ1) is 14.4. The van der Waals surface area contributed by atoms with E-state index in [0.717, 1.165) is 6.08 Å². The lowest BCUT2D eigenvalue weighted by molar-refractivity contribution is -0.131. The van der Waals surface area contributed by atoms with Gasteiger partial charge in [0.05, 0.1) is 0 Å². The molecule has 2 aromatic rings. The Morgan fingerprint density at radius 1 is 1.20 bits per heavy atom. The lowest BCUT2D eigenvalue weighted by Gasteiger charge is -2.25. The highest BCUT2D eigenvalue weighted by Gasteiger charge is 2.29. The second-order valence-electron chi connectivity index (χ2n) is 6.12. The van der Waals surface area contributed by atoms with Gasteiger partial charge < -0.3 is 29.2 Å². The Balaban J connectivity index is 1.84. The number of aromatic hydroxyl groups is 1. The molecule has 2 aromatic carbocycles. The Bertz CT molecular complexity index is 977. The van der Waals surface area contributed by atoms with Crippen molar-refractivity contribution < 1.29 is 38.7 Å². The van der Waals surface area contributed by atoms with Crippen LogP contribution in [0, 0.1) is 0 Å². The first kappa shape index (κ1) is 21.5. The highest BCUT2D eigenvalue weighted by molar-refractivity contribution is 9.10. The second-order valence-corrected chi connectivity index (χ2v) is 7.04. The number of fused-ring (bicyclic) bond motifs is 1. The average molecular weight is 480 g/mol. The van der Waals surface area contributed by atoms with Gasteiger partial charge in [0.15, 0.2) is 17.6 Å². The smallest absolute Gasteiger partial charge is 0.412 e. The minimum atomic E-state index is -1.20. The Hall–Kier alpha value is -3.24. The van der Waals surface area contributed by atoms with Gasteiger partial charge >= 0.3 is 12.1 Å². The van der Waals surface area contributed by atoms with Crippen molar-refractivity contribution in [1.29, 1.82) is 0 Å². The van der Waals surface area contributed by atoms with Crippen molar-refractivity contribution in [2.24, 2.45) is 0 Å². The summed E-state index contributed by atoms with van der Waals surface area (Å²) in [5.74, 6) is -0.304. The fourth-order valence-electron chi connectivity index (χ4n) is 2.78. The van der Waals surface area contributed by atoms with Gasteiger partial charge in [0.2, 0.25) is 6.79 Å². The van der Waals surface area contributed by atoms with Crippen LogP contribution in [0.2, 0.25) is 0 Å². The summed E-state index contributed by atoms with van der Waals surface area (Å²) in [5.41, 5.74) is 0.628. The number of nitrogens with one attached hydrogen (secondary N) is 1. The minimum Gasteiger partial charge on any atom is -0.508 e. The summed E-state index contributed by atoms with van der Waals surface area (Å²) < 4.78 is 21.9. The molecule has 2 atom stereocenters. The second kappa shape index (κ2) is 9.51. The quantitative estimate of drug-likeness (QED) is 0.511. The molecule has 1 heterocycles. The maximum atomic E-state index is 12.6. The van der Waals surface area contributed by atoms with Crippen LogP contribution < -0.4 is 14.8 Å². The third kappa shape index (κ3) is 5.22. The number of hydrogen-bond donors (Lipinski definition) is 3. The van der Waals surface area contributed by atoms with Gasteiger partial charge in [0.1, 0.15) is 11.9 Å². The van der Waals surface area contributed by atoms with Crippen molar-refractivity contribution in [1.82, 2.24) is 0 Å². The molecule has 0 bridgehead atoms. The number of carbonyl (C=O) groups is 2. The summed E-state index contributed by atoms with van der Waals surface area (Å²) >= 11 is 3.30. The lowest BCUT2D eigenvalue weighted by atomic mass is 10.0. The van der Waals surface area contributed by atoms with Gasteiger partial charge in [0, 0.05) is 35.0 Å². The summed E-state index contributed by atoms with van der Waals surface area (Å²) in [7, 11) is 1.33. The van der Waals surface area contributed by atoms with E-state index in [4.69, 9.17) is 24.1 Å². The highest BCUT2D eigenvalue weighted by atomic mass is 79.9. The normalized spacial score (nSPS) is 14.3. The number of carbonyl (C=O) groups excluding carboxylic acids is 1. The minimum absolute atomic E-state index is 0.0961. The number of amides is 1. The maximum Gasteiger partial charge on any atom is 0.412 e. The van der Waals surface area contributed by atoms with Crippen LogP contribution in [0.4, 0.5) is 10.5 Å². The topological polar surface area (TPSA) is 124 Å². The van der Waals surface area contributed by atoms with E-state index < -0.39 is 24.3 Å². The van der Waals surface area contributed by atoms with Crippen molar-refractivity contribution >= 4 is 33.7 Å². The lowest BCUT2D eigenvalue weighted by Crippen LogP contribution is -2.27. The fourth-order valence-corrected chi connectivity index (χ4v) is 3.16. The number of aliphatic carboxylic acids is 1. The molecule has 0 saturated heterocycles. The van der Waals surface area contributed by atoms with Crippen LogP contribution in [0.15, 0.2) is 53.0 Å². The van der Waals surface area contributed by atoms with Crippen molar-refractivity contribution in [3.05, 3.63) is 58.6 Å². The SMILES string of the molecule is CO[C@H](/C=C/C(=O)O)[C@H](OC(=O)Nc1ccc2c(c1)OCO2)c1cc(Br)ccc1O. The predicted molar refractivity (Wildman–Crippen MR) is 109 cm³/mol. The van der Waals surface area contributed by atoms with Crippen molar-refractivity contribution in [3.8, 4) is 17.2 Å². The van der Waals surface area contributed by atoms with E-state index in [9.17, 15) is 14.7 Å². The van der Waals surface area contributed by atoms with Crippen molar-refractivity contribution in [3.63, 3.8) is 0 Å². The third-order valence-electron chi connectivity index (χ3n) is 4.15. The summed E-state index contributed by atoms with van der Waals surface area (Å²) in [5, 5.41) is 21.8. The maximum absolute atomic E-state index is 12.6. The average Bonchev–Trinajstić information content (AvgIpc) is 3.17. The van der Waals surface area contributed by atoms with Crippen LogP contribution in [0.25, 0.3) is 0 Å². The number of benzene rings is 2.